The predicted octanol–water partition coefficient (Wildman–Crippen LogP) is 3.20. The molecule has 2 heterocycles. The number of anilines is 1. The number of halogens is 1. The fourth-order valence-electron chi connectivity index (χ4n) is 2.27. The quantitative estimate of drug-likeness (QED) is 0.739. The number of aryl methyl sites for hydroxylation is 2. The predicted molar refractivity (Wildman–Crippen MR) is 86.1 cm³/mol. The first-order chi connectivity index (χ1) is 10.1. The standard InChI is InChI=1S/C15H15BrN4O/c1-9-14(16)12(20(2)19-9)8-21-13-6-5-11(17)10-4-3-7-18-15(10)13/h3-7H,8,17H2,1-2H3. The average molecular weight is 347 g/mol. The lowest BCUT2D eigenvalue weighted by Gasteiger charge is -2.10. The molecule has 0 radical (unpaired) electrons. The third-order valence-electron chi connectivity index (χ3n) is 3.39. The molecular weight excluding hydrogens is 332 g/mol. The van der Waals surface area contributed by atoms with Crippen LogP contribution in [0.1, 0.15) is 11.4 Å². The monoisotopic (exact) mass is 346 g/mol. The number of rotatable bonds is 3. The Labute approximate surface area is 130 Å². The fraction of sp³-hybridized carbons (Fsp3) is 0.200. The van der Waals surface area contributed by atoms with Gasteiger partial charge < -0.3 is 10.5 Å². The van der Waals surface area contributed by atoms with Crippen molar-refractivity contribution in [2.24, 2.45) is 7.05 Å². The highest BCUT2D eigenvalue weighted by atomic mass is 79.9. The molecule has 0 aliphatic rings. The van der Waals surface area contributed by atoms with E-state index in [0.29, 0.717) is 18.0 Å². The van der Waals surface area contributed by atoms with Crippen LogP contribution < -0.4 is 10.5 Å². The summed E-state index contributed by atoms with van der Waals surface area (Å²) in [5.41, 5.74) is 9.36. The molecule has 6 heteroatoms. The summed E-state index contributed by atoms with van der Waals surface area (Å²) in [4.78, 5) is 4.37. The van der Waals surface area contributed by atoms with Crippen LogP contribution in [0.4, 0.5) is 5.69 Å². The fourth-order valence-corrected chi connectivity index (χ4v) is 2.72. The van der Waals surface area contributed by atoms with Gasteiger partial charge in [0.1, 0.15) is 17.9 Å². The van der Waals surface area contributed by atoms with Crippen LogP contribution in [0, 0.1) is 6.92 Å². The number of fused-ring (bicyclic) bond motifs is 1. The first kappa shape index (κ1) is 13.9. The highest BCUT2D eigenvalue weighted by Gasteiger charge is 2.12. The van der Waals surface area contributed by atoms with E-state index in [2.05, 4.69) is 26.0 Å². The minimum absolute atomic E-state index is 0.410. The van der Waals surface area contributed by atoms with Gasteiger partial charge >= 0.3 is 0 Å². The number of pyridine rings is 1. The van der Waals surface area contributed by atoms with E-state index in [1.54, 1.807) is 6.20 Å². The summed E-state index contributed by atoms with van der Waals surface area (Å²) in [5, 5.41) is 5.25. The number of nitrogens with two attached hydrogens (primary N) is 1. The summed E-state index contributed by atoms with van der Waals surface area (Å²) in [5.74, 6) is 0.713. The van der Waals surface area contributed by atoms with Crippen LogP contribution in [-0.4, -0.2) is 14.8 Å². The van der Waals surface area contributed by atoms with E-state index < -0.39 is 0 Å². The van der Waals surface area contributed by atoms with E-state index in [1.807, 2.05) is 42.9 Å². The van der Waals surface area contributed by atoms with Crippen molar-refractivity contribution in [1.82, 2.24) is 14.8 Å². The molecule has 2 aromatic heterocycles. The zero-order valence-corrected chi connectivity index (χ0v) is 13.4. The van der Waals surface area contributed by atoms with Gasteiger partial charge in [0.25, 0.3) is 0 Å². The van der Waals surface area contributed by atoms with Crippen LogP contribution in [0.5, 0.6) is 5.75 Å². The Morgan fingerprint density at radius 3 is 2.86 bits per heavy atom. The van der Waals surface area contributed by atoms with Crippen LogP contribution in [0.2, 0.25) is 0 Å². The molecule has 0 amide bonds. The Balaban J connectivity index is 1.94. The molecule has 0 fully saturated rings. The number of benzene rings is 1. The molecule has 0 aliphatic carbocycles. The lowest BCUT2D eigenvalue weighted by Crippen LogP contribution is -2.04. The highest BCUT2D eigenvalue weighted by Crippen LogP contribution is 2.29. The first-order valence-corrected chi connectivity index (χ1v) is 7.31. The number of nitrogen functional groups attached to an aromatic ring is 1. The second-order valence-electron chi connectivity index (χ2n) is 4.81. The molecule has 108 valence electrons. The summed E-state index contributed by atoms with van der Waals surface area (Å²) >= 11 is 3.54. The van der Waals surface area contributed by atoms with Gasteiger partial charge in [0.2, 0.25) is 0 Å². The van der Waals surface area contributed by atoms with E-state index in [1.165, 1.54) is 0 Å². The molecule has 0 unspecified atom stereocenters. The van der Waals surface area contributed by atoms with E-state index in [9.17, 15) is 0 Å². The Morgan fingerprint density at radius 2 is 2.14 bits per heavy atom. The molecule has 3 rings (SSSR count). The van der Waals surface area contributed by atoms with Crippen LogP contribution >= 0.6 is 15.9 Å². The van der Waals surface area contributed by atoms with Gasteiger partial charge in [-0.1, -0.05) is 0 Å². The maximum Gasteiger partial charge on any atom is 0.146 e. The van der Waals surface area contributed by atoms with Crippen molar-refractivity contribution in [3.63, 3.8) is 0 Å². The Bertz CT molecular complexity index is 813. The molecule has 5 nitrogen and oxygen atoms in total. The molecule has 0 saturated heterocycles. The average Bonchev–Trinajstić information content (AvgIpc) is 2.72. The molecular formula is C15H15BrN4O. The molecule has 3 aromatic rings. The Hall–Kier alpha value is -2.08. The molecule has 0 atom stereocenters. The van der Waals surface area contributed by atoms with Gasteiger partial charge in [0.15, 0.2) is 0 Å². The van der Waals surface area contributed by atoms with Crippen molar-refractivity contribution in [1.29, 1.82) is 0 Å². The van der Waals surface area contributed by atoms with Gasteiger partial charge in [-0.25, -0.2) is 0 Å². The third kappa shape index (κ3) is 2.47. The van der Waals surface area contributed by atoms with Gasteiger partial charge in [-0.05, 0) is 47.1 Å². The molecule has 0 aliphatic heterocycles. The van der Waals surface area contributed by atoms with Crippen LogP contribution in [0.3, 0.4) is 0 Å². The van der Waals surface area contributed by atoms with Gasteiger partial charge in [-0.3, -0.25) is 9.67 Å². The number of nitrogens with zero attached hydrogens (tertiary/aromatic N) is 3. The topological polar surface area (TPSA) is 66.0 Å². The minimum Gasteiger partial charge on any atom is -0.485 e. The summed E-state index contributed by atoms with van der Waals surface area (Å²) in [6.45, 7) is 2.36. The highest BCUT2D eigenvalue weighted by molar-refractivity contribution is 9.10. The SMILES string of the molecule is Cc1nn(C)c(COc2ccc(N)c3cccnc23)c1Br. The smallest absolute Gasteiger partial charge is 0.146 e. The van der Waals surface area contributed by atoms with Crippen molar-refractivity contribution in [2.45, 2.75) is 13.5 Å². The van der Waals surface area contributed by atoms with Gasteiger partial charge in [0, 0.05) is 24.3 Å². The largest absolute Gasteiger partial charge is 0.485 e. The zero-order chi connectivity index (χ0) is 15.0. The molecule has 2 N–H and O–H groups in total. The van der Waals surface area contributed by atoms with E-state index in [-0.39, 0.29) is 0 Å². The van der Waals surface area contributed by atoms with E-state index >= 15 is 0 Å². The number of ether oxygens (including phenoxy) is 1. The Kier molecular flexibility index (Phi) is 3.55. The van der Waals surface area contributed by atoms with Gasteiger partial charge in [0.05, 0.1) is 15.9 Å². The molecule has 1 aromatic carbocycles. The molecule has 21 heavy (non-hydrogen) atoms. The Morgan fingerprint density at radius 1 is 1.33 bits per heavy atom. The maximum atomic E-state index is 5.97. The third-order valence-corrected chi connectivity index (χ3v) is 4.42. The van der Waals surface area contributed by atoms with Crippen LogP contribution in [-0.2, 0) is 13.7 Å². The number of hydrogen-bond donors (Lipinski definition) is 1. The van der Waals surface area contributed by atoms with E-state index in [0.717, 1.165) is 26.8 Å². The summed E-state index contributed by atoms with van der Waals surface area (Å²) < 4.78 is 8.71. The minimum atomic E-state index is 0.410. The normalized spacial score (nSPS) is 11.0. The molecule has 0 bridgehead atoms. The van der Waals surface area contributed by atoms with Crippen molar-refractivity contribution < 1.29 is 4.74 Å². The van der Waals surface area contributed by atoms with Crippen molar-refractivity contribution >= 4 is 32.5 Å². The van der Waals surface area contributed by atoms with Crippen LogP contribution in [0.25, 0.3) is 10.9 Å². The second-order valence-corrected chi connectivity index (χ2v) is 5.60. The summed E-state index contributed by atoms with van der Waals surface area (Å²) in [6.07, 6.45) is 1.73. The van der Waals surface area contributed by atoms with Crippen LogP contribution in [0.15, 0.2) is 34.9 Å². The lowest BCUT2D eigenvalue weighted by atomic mass is 10.1. The zero-order valence-electron chi connectivity index (χ0n) is 11.8. The van der Waals surface area contributed by atoms with Crippen molar-refractivity contribution in [3.05, 3.63) is 46.3 Å². The second kappa shape index (κ2) is 5.37. The maximum absolute atomic E-state index is 5.97. The first-order valence-electron chi connectivity index (χ1n) is 6.52. The molecule has 0 saturated carbocycles. The van der Waals surface area contributed by atoms with Gasteiger partial charge in [-0.2, -0.15) is 5.10 Å². The lowest BCUT2D eigenvalue weighted by molar-refractivity contribution is 0.297. The van der Waals surface area contributed by atoms with Crippen molar-refractivity contribution in [2.75, 3.05) is 5.73 Å². The summed E-state index contributed by atoms with van der Waals surface area (Å²) in [7, 11) is 1.90. The number of aromatic nitrogens is 3. The molecule has 0 spiro atoms. The van der Waals surface area contributed by atoms with Gasteiger partial charge in [-0.15, -0.1) is 0 Å². The van der Waals surface area contributed by atoms with Crippen molar-refractivity contribution in [3.8, 4) is 5.75 Å². The number of hydrogen-bond acceptors (Lipinski definition) is 4. The summed E-state index contributed by atoms with van der Waals surface area (Å²) in [6, 6.07) is 7.49. The van der Waals surface area contributed by atoms with E-state index in [4.69, 9.17) is 10.5 Å².